The number of methoxy groups -OCH3 is 1. The zero-order valence-corrected chi connectivity index (χ0v) is 31.5. The van der Waals surface area contributed by atoms with Crippen molar-refractivity contribution in [2.45, 2.75) is 46.1 Å². The molecule has 7 rings (SSSR count). The highest BCUT2D eigenvalue weighted by Crippen LogP contribution is 2.41. The van der Waals surface area contributed by atoms with Gasteiger partial charge in [-0.2, -0.15) is 10.2 Å². The van der Waals surface area contributed by atoms with Crippen LogP contribution in [0.5, 0.6) is 11.5 Å². The van der Waals surface area contributed by atoms with Crippen molar-refractivity contribution in [2.75, 3.05) is 57.1 Å². The number of carbonyl (C=O) groups excluding carboxylic acids is 2. The lowest BCUT2D eigenvalue weighted by Gasteiger charge is -2.36. The Hall–Kier alpha value is -4.76. The summed E-state index contributed by atoms with van der Waals surface area (Å²) in [7, 11) is 1.61. The number of benzene rings is 1. The van der Waals surface area contributed by atoms with E-state index in [0.29, 0.717) is 65.7 Å². The van der Waals surface area contributed by atoms with Gasteiger partial charge in [0.05, 0.1) is 60.2 Å². The van der Waals surface area contributed by atoms with Gasteiger partial charge in [-0.05, 0) is 44.5 Å². The highest BCUT2D eigenvalue weighted by Gasteiger charge is 2.32. The Morgan fingerprint density at radius 3 is 2.73 bits per heavy atom. The lowest BCUT2D eigenvalue weighted by atomic mass is 9.88. The van der Waals surface area contributed by atoms with Gasteiger partial charge >= 0.3 is 5.97 Å². The summed E-state index contributed by atoms with van der Waals surface area (Å²) in [4.78, 5) is 37.8. The number of rotatable bonds is 11. The van der Waals surface area contributed by atoms with E-state index in [-0.39, 0.29) is 35.0 Å². The van der Waals surface area contributed by atoms with Crippen LogP contribution in [0.3, 0.4) is 0 Å². The normalized spacial score (nSPS) is 16.7. The molecule has 2 aliphatic rings. The molecule has 0 saturated carbocycles. The van der Waals surface area contributed by atoms with Crippen molar-refractivity contribution in [1.82, 2.24) is 39.6 Å². The number of likely N-dealkylation sites (tertiary alicyclic amines) is 1. The van der Waals surface area contributed by atoms with E-state index < -0.39 is 0 Å². The fourth-order valence-corrected chi connectivity index (χ4v) is 6.89. The Morgan fingerprint density at radius 2 is 1.96 bits per heavy atom. The highest BCUT2D eigenvalue weighted by atomic mass is 79.9. The molecule has 4 aromatic heterocycles. The molecule has 52 heavy (non-hydrogen) atoms. The average Bonchev–Trinajstić information content (AvgIpc) is 3.76. The molecule has 0 aliphatic carbocycles. The first kappa shape index (κ1) is 35.6. The van der Waals surface area contributed by atoms with Gasteiger partial charge in [0.25, 0.3) is 5.91 Å². The first-order valence-corrected chi connectivity index (χ1v) is 18.8. The summed E-state index contributed by atoms with van der Waals surface area (Å²) >= 11 is 3.37. The minimum absolute atomic E-state index is 0.0559. The minimum Gasteiger partial charge on any atom is -0.494 e. The van der Waals surface area contributed by atoms with Gasteiger partial charge < -0.3 is 29.7 Å². The Balaban J connectivity index is 1.17. The molecule has 1 fully saturated rings. The first-order valence-electron chi connectivity index (χ1n) is 17.7. The van der Waals surface area contributed by atoms with Crippen LogP contribution in [0.15, 0.2) is 49.1 Å². The molecule has 1 saturated heterocycles. The van der Waals surface area contributed by atoms with Crippen LogP contribution in [0.4, 0.5) is 5.69 Å². The number of hydrogen-bond donors (Lipinski definition) is 2. The van der Waals surface area contributed by atoms with Crippen molar-refractivity contribution >= 4 is 50.0 Å². The molecule has 2 aliphatic heterocycles. The smallest absolute Gasteiger partial charge is 0.309 e. The predicted octanol–water partition coefficient (Wildman–Crippen LogP) is 5.13. The zero-order valence-electron chi connectivity index (χ0n) is 29.9. The van der Waals surface area contributed by atoms with Crippen LogP contribution in [0.1, 0.15) is 50.5 Å². The number of ether oxygens (including phenoxy) is 3. The summed E-state index contributed by atoms with van der Waals surface area (Å²) < 4.78 is 21.2. The van der Waals surface area contributed by atoms with Crippen molar-refractivity contribution < 1.29 is 23.8 Å². The minimum atomic E-state index is -0.316. The molecule has 15 heteroatoms. The number of esters is 1. The number of nitrogens with zero attached hydrogens (tertiary/aromatic N) is 7. The van der Waals surface area contributed by atoms with Gasteiger partial charge in [0.2, 0.25) is 0 Å². The van der Waals surface area contributed by atoms with E-state index in [1.165, 1.54) is 0 Å². The zero-order chi connectivity index (χ0) is 36.4. The lowest BCUT2D eigenvalue weighted by Crippen LogP contribution is -2.41. The van der Waals surface area contributed by atoms with Gasteiger partial charge in [0.1, 0.15) is 23.3 Å². The fraction of sp³-hybridized carbons (Fsp3) is 0.459. The van der Waals surface area contributed by atoms with Crippen LogP contribution in [-0.4, -0.2) is 104 Å². The Labute approximate surface area is 310 Å². The van der Waals surface area contributed by atoms with Crippen molar-refractivity contribution in [3.63, 3.8) is 0 Å². The van der Waals surface area contributed by atoms with Crippen molar-refractivity contribution in [3.05, 3.63) is 54.7 Å². The summed E-state index contributed by atoms with van der Waals surface area (Å²) in [6.07, 6.45) is 9.18. The largest absolute Gasteiger partial charge is 0.494 e. The Morgan fingerprint density at radius 1 is 1.13 bits per heavy atom. The molecule has 0 bridgehead atoms. The van der Waals surface area contributed by atoms with Gasteiger partial charge in [-0.3, -0.25) is 14.6 Å². The van der Waals surface area contributed by atoms with E-state index in [0.717, 1.165) is 48.9 Å². The maximum Gasteiger partial charge on any atom is 0.309 e. The summed E-state index contributed by atoms with van der Waals surface area (Å²) in [5.74, 6) is 0.731. The molecule has 0 spiro atoms. The average molecular weight is 775 g/mol. The molecule has 6 heterocycles. The molecule has 2 N–H and O–H groups in total. The van der Waals surface area contributed by atoms with Crippen LogP contribution >= 0.6 is 15.9 Å². The molecular formula is C37H44BrN9O5. The molecule has 1 amide bonds. The number of halogens is 1. The second kappa shape index (κ2) is 15.1. The monoisotopic (exact) mass is 773 g/mol. The SMILES string of the molecule is COc1cc2c(cc1-n1nc(C(=O)NCCN3CCC(C(=O)OCCCBr)CC3)c3cnc(-c4cnn5cccnc45)cc31)OC(C(C)(C)C)CN2. The van der Waals surface area contributed by atoms with Gasteiger partial charge in [-0.15, -0.1) is 0 Å². The number of aromatic nitrogens is 6. The number of nitrogens with one attached hydrogen (secondary N) is 2. The summed E-state index contributed by atoms with van der Waals surface area (Å²) in [6.45, 7) is 10.2. The maximum atomic E-state index is 13.9. The van der Waals surface area contributed by atoms with Crippen molar-refractivity contribution in [1.29, 1.82) is 0 Å². The molecule has 0 radical (unpaired) electrons. The summed E-state index contributed by atoms with van der Waals surface area (Å²) in [5, 5.41) is 17.3. The lowest BCUT2D eigenvalue weighted by molar-refractivity contribution is -0.150. The maximum absolute atomic E-state index is 13.9. The predicted molar refractivity (Wildman–Crippen MR) is 201 cm³/mol. The third-order valence-electron chi connectivity index (χ3n) is 9.71. The number of pyridine rings is 1. The Bertz CT molecular complexity index is 2080. The number of hydrogen-bond acceptors (Lipinski definition) is 11. The van der Waals surface area contributed by atoms with Crippen molar-refractivity contribution in [3.8, 4) is 28.4 Å². The quantitative estimate of drug-likeness (QED) is 0.105. The molecule has 1 aromatic carbocycles. The molecule has 274 valence electrons. The third-order valence-corrected chi connectivity index (χ3v) is 10.3. The first-order chi connectivity index (χ1) is 25.1. The second-order valence-corrected chi connectivity index (χ2v) is 15.0. The van der Waals surface area contributed by atoms with Crippen molar-refractivity contribution in [2.24, 2.45) is 11.3 Å². The number of fused-ring (bicyclic) bond motifs is 3. The summed E-state index contributed by atoms with van der Waals surface area (Å²) in [5.41, 5.74) is 4.28. The molecular weight excluding hydrogens is 730 g/mol. The van der Waals surface area contributed by atoms with Crippen LogP contribution in [0.25, 0.3) is 33.5 Å². The van der Waals surface area contributed by atoms with E-state index >= 15 is 0 Å². The molecule has 1 atom stereocenters. The van der Waals surface area contributed by atoms with Crippen LogP contribution in [-0.2, 0) is 9.53 Å². The van der Waals surface area contributed by atoms with Crippen LogP contribution in [0.2, 0.25) is 0 Å². The second-order valence-electron chi connectivity index (χ2n) is 14.2. The number of anilines is 1. The van der Waals surface area contributed by atoms with E-state index in [9.17, 15) is 9.59 Å². The third kappa shape index (κ3) is 7.29. The Kier molecular flexibility index (Phi) is 10.3. The van der Waals surface area contributed by atoms with Gasteiger partial charge in [-0.1, -0.05) is 36.7 Å². The van der Waals surface area contributed by atoms with E-state index in [1.807, 2.05) is 30.5 Å². The number of alkyl halides is 1. The number of amides is 1. The topological polar surface area (TPSA) is 150 Å². The van der Waals surface area contributed by atoms with Gasteiger partial charge in [0, 0.05) is 54.6 Å². The fourth-order valence-electron chi connectivity index (χ4n) is 6.66. The van der Waals surface area contributed by atoms with E-state index in [2.05, 4.69) is 62.3 Å². The van der Waals surface area contributed by atoms with E-state index in [4.69, 9.17) is 24.3 Å². The van der Waals surface area contributed by atoms with E-state index in [1.54, 1.807) is 34.9 Å². The standard InChI is InChI=1S/C37H44BrN9O5/c1-37(2,3)32-22-42-27-18-31(50-4)29(19-30(27)52-32)47-28-17-26(24-21-43-46-12-6-10-39-34(24)46)41-20-25(28)33(44-47)35(48)40-11-15-45-13-7-23(8-14-45)36(49)51-16-5-9-38/h6,10,12,17-21,23,32,42H,5,7-9,11,13-16,22H2,1-4H3,(H,40,48). The van der Waals surface area contributed by atoms with Crippen LogP contribution < -0.4 is 20.1 Å². The molecule has 14 nitrogen and oxygen atoms in total. The van der Waals surface area contributed by atoms with Gasteiger partial charge in [0.15, 0.2) is 11.3 Å². The number of carbonyl (C=O) groups is 2. The molecule has 1 unspecified atom stereocenters. The highest BCUT2D eigenvalue weighted by molar-refractivity contribution is 9.09. The molecule has 5 aromatic rings. The van der Waals surface area contributed by atoms with Gasteiger partial charge in [-0.25, -0.2) is 14.2 Å². The summed E-state index contributed by atoms with van der Waals surface area (Å²) in [6, 6.07) is 7.53. The van der Waals surface area contributed by atoms with Crippen LogP contribution in [0, 0.1) is 11.3 Å². The number of piperidine rings is 1.